The van der Waals surface area contributed by atoms with Gasteiger partial charge in [-0.05, 0) is 36.8 Å². The summed E-state index contributed by atoms with van der Waals surface area (Å²) < 4.78 is 0.953. The van der Waals surface area contributed by atoms with Crippen molar-refractivity contribution in [1.82, 2.24) is 5.32 Å². The molecule has 0 heterocycles. The second-order valence-electron chi connectivity index (χ2n) is 7.00. The standard InChI is InChI=1S/C20H23BrN2O2/c1-13(16-10-5-6-11-17(16)21)22-18(24)14-8-7-9-15(12-14)23-19(25)20(2,3)4/h5-13H,1-4H3,(H,22,24)(H,23,25). The van der Waals surface area contributed by atoms with Gasteiger partial charge in [-0.25, -0.2) is 0 Å². The summed E-state index contributed by atoms with van der Waals surface area (Å²) in [4.78, 5) is 24.6. The van der Waals surface area contributed by atoms with Crippen LogP contribution in [0.25, 0.3) is 0 Å². The van der Waals surface area contributed by atoms with Crippen LogP contribution in [0.15, 0.2) is 53.0 Å². The van der Waals surface area contributed by atoms with Crippen LogP contribution in [0.5, 0.6) is 0 Å². The molecule has 25 heavy (non-hydrogen) atoms. The first-order valence-corrected chi connectivity index (χ1v) is 8.94. The van der Waals surface area contributed by atoms with Gasteiger partial charge in [0.25, 0.3) is 5.91 Å². The second-order valence-corrected chi connectivity index (χ2v) is 7.86. The SMILES string of the molecule is CC(NC(=O)c1cccc(NC(=O)C(C)(C)C)c1)c1ccccc1Br. The van der Waals surface area contributed by atoms with Crippen LogP contribution in [0.3, 0.4) is 0 Å². The van der Waals surface area contributed by atoms with E-state index < -0.39 is 5.41 Å². The molecule has 0 aliphatic rings. The Morgan fingerprint density at radius 1 is 1.04 bits per heavy atom. The van der Waals surface area contributed by atoms with E-state index in [2.05, 4.69) is 26.6 Å². The Hall–Kier alpha value is -2.14. The lowest BCUT2D eigenvalue weighted by atomic mass is 9.95. The van der Waals surface area contributed by atoms with Crippen LogP contribution in [0.1, 0.15) is 49.7 Å². The predicted octanol–water partition coefficient (Wildman–Crippen LogP) is 4.92. The number of carbonyl (C=O) groups is 2. The van der Waals surface area contributed by atoms with E-state index in [9.17, 15) is 9.59 Å². The van der Waals surface area contributed by atoms with Gasteiger partial charge in [-0.15, -0.1) is 0 Å². The molecule has 0 aliphatic carbocycles. The Kier molecular flexibility index (Phi) is 6.01. The van der Waals surface area contributed by atoms with Crippen molar-refractivity contribution in [3.8, 4) is 0 Å². The third kappa shape index (κ3) is 5.16. The molecule has 0 radical (unpaired) electrons. The van der Waals surface area contributed by atoms with Crippen LogP contribution in [-0.2, 0) is 4.79 Å². The van der Waals surface area contributed by atoms with Crippen molar-refractivity contribution in [1.29, 1.82) is 0 Å². The number of anilines is 1. The van der Waals surface area contributed by atoms with Gasteiger partial charge < -0.3 is 10.6 Å². The van der Waals surface area contributed by atoms with E-state index in [1.165, 1.54) is 0 Å². The first-order chi connectivity index (χ1) is 11.7. The lowest BCUT2D eigenvalue weighted by Crippen LogP contribution is -2.28. The normalized spacial score (nSPS) is 12.4. The molecular weight excluding hydrogens is 380 g/mol. The van der Waals surface area contributed by atoms with E-state index in [1.54, 1.807) is 24.3 Å². The Bertz CT molecular complexity index is 781. The van der Waals surface area contributed by atoms with Crippen LogP contribution in [0.2, 0.25) is 0 Å². The molecule has 2 N–H and O–H groups in total. The molecule has 0 aromatic heterocycles. The highest BCUT2D eigenvalue weighted by Gasteiger charge is 2.21. The number of nitrogens with one attached hydrogen (secondary N) is 2. The molecule has 1 unspecified atom stereocenters. The van der Waals surface area contributed by atoms with Crippen LogP contribution >= 0.6 is 15.9 Å². The van der Waals surface area contributed by atoms with Gasteiger partial charge in [-0.2, -0.15) is 0 Å². The molecule has 0 aliphatic heterocycles. The monoisotopic (exact) mass is 402 g/mol. The lowest BCUT2D eigenvalue weighted by Gasteiger charge is -2.18. The van der Waals surface area contributed by atoms with E-state index in [1.807, 2.05) is 52.0 Å². The summed E-state index contributed by atoms with van der Waals surface area (Å²) in [6.45, 7) is 7.47. The fraction of sp³-hybridized carbons (Fsp3) is 0.300. The van der Waals surface area contributed by atoms with Crippen molar-refractivity contribution in [2.45, 2.75) is 33.7 Å². The van der Waals surface area contributed by atoms with E-state index in [-0.39, 0.29) is 17.9 Å². The fourth-order valence-electron chi connectivity index (χ4n) is 2.24. The minimum atomic E-state index is -0.494. The first-order valence-electron chi connectivity index (χ1n) is 8.15. The van der Waals surface area contributed by atoms with Crippen molar-refractivity contribution in [3.63, 3.8) is 0 Å². The molecule has 2 aromatic rings. The van der Waals surface area contributed by atoms with Crippen molar-refractivity contribution >= 4 is 33.4 Å². The summed E-state index contributed by atoms with van der Waals surface area (Å²) in [7, 11) is 0. The third-order valence-corrected chi connectivity index (χ3v) is 4.51. The number of rotatable bonds is 4. The van der Waals surface area contributed by atoms with Gasteiger partial charge in [0, 0.05) is 21.1 Å². The average Bonchev–Trinajstić information content (AvgIpc) is 2.54. The summed E-state index contributed by atoms with van der Waals surface area (Å²) >= 11 is 3.50. The second kappa shape index (κ2) is 7.83. The Balaban J connectivity index is 2.11. The van der Waals surface area contributed by atoms with Crippen LogP contribution in [0.4, 0.5) is 5.69 Å². The highest BCUT2D eigenvalue weighted by atomic mass is 79.9. The summed E-state index contributed by atoms with van der Waals surface area (Å²) in [5.74, 6) is -0.276. The van der Waals surface area contributed by atoms with E-state index >= 15 is 0 Å². The molecule has 0 fully saturated rings. The topological polar surface area (TPSA) is 58.2 Å². The number of amides is 2. The first kappa shape index (κ1) is 19.2. The zero-order valence-electron chi connectivity index (χ0n) is 14.9. The number of carbonyl (C=O) groups excluding carboxylic acids is 2. The van der Waals surface area contributed by atoms with Gasteiger partial charge in [-0.3, -0.25) is 9.59 Å². The third-order valence-electron chi connectivity index (χ3n) is 3.78. The summed E-state index contributed by atoms with van der Waals surface area (Å²) in [6.07, 6.45) is 0. The Morgan fingerprint density at radius 3 is 2.36 bits per heavy atom. The number of benzene rings is 2. The fourth-order valence-corrected chi connectivity index (χ4v) is 2.87. The number of hydrogen-bond acceptors (Lipinski definition) is 2. The van der Waals surface area contributed by atoms with E-state index in [0.29, 0.717) is 11.3 Å². The predicted molar refractivity (Wildman–Crippen MR) is 105 cm³/mol. The van der Waals surface area contributed by atoms with Crippen LogP contribution < -0.4 is 10.6 Å². The highest BCUT2D eigenvalue weighted by Crippen LogP contribution is 2.23. The minimum Gasteiger partial charge on any atom is -0.345 e. The zero-order chi connectivity index (χ0) is 18.6. The van der Waals surface area contributed by atoms with Crippen LogP contribution in [-0.4, -0.2) is 11.8 Å². The number of hydrogen-bond donors (Lipinski definition) is 2. The molecule has 0 saturated carbocycles. The molecular formula is C20H23BrN2O2. The molecule has 2 aromatic carbocycles. The zero-order valence-corrected chi connectivity index (χ0v) is 16.5. The molecule has 1 atom stereocenters. The Labute approximate surface area is 157 Å². The maximum absolute atomic E-state index is 12.5. The van der Waals surface area contributed by atoms with Gasteiger partial charge >= 0.3 is 0 Å². The molecule has 2 amide bonds. The molecule has 0 saturated heterocycles. The van der Waals surface area contributed by atoms with Crippen molar-refractivity contribution in [3.05, 3.63) is 64.1 Å². The molecule has 5 heteroatoms. The smallest absolute Gasteiger partial charge is 0.251 e. The van der Waals surface area contributed by atoms with Gasteiger partial charge in [-0.1, -0.05) is 61.0 Å². The maximum Gasteiger partial charge on any atom is 0.251 e. The molecule has 4 nitrogen and oxygen atoms in total. The van der Waals surface area contributed by atoms with Gasteiger partial charge in [0.2, 0.25) is 5.91 Å². The molecule has 2 rings (SSSR count). The summed E-state index contributed by atoms with van der Waals surface area (Å²) in [5, 5.41) is 5.83. The van der Waals surface area contributed by atoms with Crippen LogP contribution in [0, 0.1) is 5.41 Å². The van der Waals surface area contributed by atoms with Crippen molar-refractivity contribution in [2.75, 3.05) is 5.32 Å². The van der Waals surface area contributed by atoms with Gasteiger partial charge in [0.15, 0.2) is 0 Å². The largest absolute Gasteiger partial charge is 0.345 e. The average molecular weight is 403 g/mol. The quantitative estimate of drug-likeness (QED) is 0.761. The summed E-state index contributed by atoms with van der Waals surface area (Å²) in [5.41, 5.74) is 1.63. The Morgan fingerprint density at radius 2 is 1.72 bits per heavy atom. The minimum absolute atomic E-state index is 0.0911. The highest BCUT2D eigenvalue weighted by molar-refractivity contribution is 9.10. The van der Waals surface area contributed by atoms with Crippen molar-refractivity contribution < 1.29 is 9.59 Å². The molecule has 0 bridgehead atoms. The van der Waals surface area contributed by atoms with E-state index in [0.717, 1.165) is 10.0 Å². The van der Waals surface area contributed by atoms with E-state index in [4.69, 9.17) is 0 Å². The van der Waals surface area contributed by atoms with Gasteiger partial charge in [0.05, 0.1) is 6.04 Å². The van der Waals surface area contributed by atoms with Gasteiger partial charge in [0.1, 0.15) is 0 Å². The maximum atomic E-state index is 12.5. The molecule has 132 valence electrons. The number of halogens is 1. The summed E-state index contributed by atoms with van der Waals surface area (Å²) in [6, 6.07) is 14.6. The lowest BCUT2D eigenvalue weighted by molar-refractivity contribution is -0.123. The molecule has 0 spiro atoms. The van der Waals surface area contributed by atoms with Crippen molar-refractivity contribution in [2.24, 2.45) is 5.41 Å².